The molecule has 3 saturated carbocycles. The lowest BCUT2D eigenvalue weighted by Gasteiger charge is -2.60. The van der Waals surface area contributed by atoms with Crippen molar-refractivity contribution in [2.75, 3.05) is 5.75 Å². The van der Waals surface area contributed by atoms with Crippen LogP contribution in [0.4, 0.5) is 0 Å². The summed E-state index contributed by atoms with van der Waals surface area (Å²) in [5, 5.41) is 24.4. The number of halogens is 2. The van der Waals surface area contributed by atoms with Gasteiger partial charge in [0.05, 0.1) is 16.9 Å². The summed E-state index contributed by atoms with van der Waals surface area (Å²) in [5.41, 5.74) is -1.12. The number of aliphatic hydroxyl groups excluding tert-OH is 1. The van der Waals surface area contributed by atoms with Gasteiger partial charge in [-0.2, -0.15) is 0 Å². The van der Waals surface area contributed by atoms with Crippen molar-refractivity contribution in [3.05, 3.63) is 39.9 Å². The van der Waals surface area contributed by atoms with Crippen LogP contribution in [0.25, 0.3) is 0 Å². The van der Waals surface area contributed by atoms with Gasteiger partial charge in [-0.05, 0) is 86.0 Å². The van der Waals surface area contributed by atoms with E-state index >= 15 is 0 Å². The van der Waals surface area contributed by atoms with Crippen LogP contribution in [0.1, 0.15) is 58.8 Å². The molecular formula is C27H32Cl2O4S. The molecule has 0 heterocycles. The molecule has 0 aromatic heterocycles. The van der Waals surface area contributed by atoms with Crippen LogP contribution in [-0.2, 0) is 9.59 Å². The van der Waals surface area contributed by atoms with Crippen molar-refractivity contribution in [3.8, 4) is 0 Å². The summed E-state index contributed by atoms with van der Waals surface area (Å²) < 4.78 is 0. The summed E-state index contributed by atoms with van der Waals surface area (Å²) in [4.78, 5) is 26.3. The molecule has 0 radical (unpaired) electrons. The maximum Gasteiger partial charge on any atom is 0.175 e. The van der Waals surface area contributed by atoms with Crippen LogP contribution in [0.2, 0.25) is 10.0 Å². The predicted octanol–water partition coefficient (Wildman–Crippen LogP) is 5.89. The average molecular weight is 524 g/mol. The molecule has 5 unspecified atom stereocenters. The zero-order valence-corrected chi connectivity index (χ0v) is 22.0. The lowest BCUT2D eigenvalue weighted by Crippen LogP contribution is -2.61. The molecule has 0 aliphatic heterocycles. The van der Waals surface area contributed by atoms with Crippen LogP contribution in [-0.4, -0.2) is 39.2 Å². The van der Waals surface area contributed by atoms with Gasteiger partial charge in [-0.3, -0.25) is 9.59 Å². The molecule has 5 rings (SSSR count). The van der Waals surface area contributed by atoms with Crippen LogP contribution < -0.4 is 0 Å². The van der Waals surface area contributed by atoms with Crippen molar-refractivity contribution in [2.45, 2.75) is 75.4 Å². The number of aliphatic hydroxyl groups is 2. The Labute approximate surface area is 215 Å². The van der Waals surface area contributed by atoms with E-state index in [9.17, 15) is 19.8 Å². The Morgan fingerprint density at radius 2 is 1.94 bits per heavy atom. The van der Waals surface area contributed by atoms with Crippen molar-refractivity contribution in [3.63, 3.8) is 0 Å². The molecule has 1 aromatic carbocycles. The second-order valence-corrected chi connectivity index (χ2v) is 13.1. The number of allylic oxidation sites excluding steroid dienone is 1. The van der Waals surface area contributed by atoms with E-state index in [0.717, 1.165) is 30.6 Å². The first-order valence-corrected chi connectivity index (χ1v) is 14.0. The van der Waals surface area contributed by atoms with Crippen molar-refractivity contribution < 1.29 is 19.8 Å². The van der Waals surface area contributed by atoms with Crippen LogP contribution in [0.15, 0.2) is 34.7 Å². The van der Waals surface area contributed by atoms with Crippen molar-refractivity contribution in [1.82, 2.24) is 0 Å². The largest absolute Gasteiger partial charge is 0.393 e. The Kier molecular flexibility index (Phi) is 6.30. The highest BCUT2D eigenvalue weighted by atomic mass is 35.5. The molecule has 7 heteroatoms. The molecule has 4 aliphatic rings. The van der Waals surface area contributed by atoms with E-state index in [1.165, 1.54) is 17.3 Å². The third-order valence-electron chi connectivity index (χ3n) is 9.76. The van der Waals surface area contributed by atoms with E-state index in [2.05, 4.69) is 6.92 Å². The number of rotatable bonds is 4. The molecule has 7 atom stereocenters. The second kappa shape index (κ2) is 8.62. The zero-order chi connectivity index (χ0) is 24.5. The number of hydrogen-bond donors (Lipinski definition) is 2. The highest BCUT2D eigenvalue weighted by Gasteiger charge is 2.68. The number of benzene rings is 1. The number of hydrogen-bond acceptors (Lipinski definition) is 5. The highest BCUT2D eigenvalue weighted by Crippen LogP contribution is 2.67. The first-order valence-electron chi connectivity index (χ1n) is 12.2. The lowest BCUT2D eigenvalue weighted by molar-refractivity contribution is -0.178. The van der Waals surface area contributed by atoms with E-state index in [1.54, 1.807) is 18.2 Å². The molecule has 0 saturated heterocycles. The monoisotopic (exact) mass is 522 g/mol. The standard InChI is InChI=1S/C27H32Cl2O4S/c1-25-9-7-17(30)11-15(25)3-5-18-19-8-10-27(33,26(19,2)13-21(31)24(18)25)23(32)14-34-22-6-4-16(28)12-20(22)29/h4,6,11-12,18-19,21,24,31,33H,3,5,7-10,13-14H2,1-2H3/t18?,19?,21-,24?,25?,26?,27-/m0/s1. The second-order valence-electron chi connectivity index (χ2n) is 11.3. The van der Waals surface area contributed by atoms with Gasteiger partial charge in [-0.15, -0.1) is 11.8 Å². The number of carbonyl (C=O) groups is 2. The van der Waals surface area contributed by atoms with Crippen LogP contribution >= 0.6 is 35.0 Å². The molecule has 4 aliphatic carbocycles. The molecule has 0 amide bonds. The van der Waals surface area contributed by atoms with Crippen LogP contribution in [0, 0.1) is 28.6 Å². The number of ketones is 2. The molecule has 4 nitrogen and oxygen atoms in total. The fourth-order valence-electron chi connectivity index (χ4n) is 8.01. The Hall–Kier alpha value is -0.850. The molecule has 0 spiro atoms. The van der Waals surface area contributed by atoms with Gasteiger partial charge in [0.25, 0.3) is 0 Å². The molecular weight excluding hydrogens is 491 g/mol. The van der Waals surface area contributed by atoms with E-state index in [4.69, 9.17) is 23.2 Å². The highest BCUT2D eigenvalue weighted by molar-refractivity contribution is 8.00. The van der Waals surface area contributed by atoms with Crippen molar-refractivity contribution in [1.29, 1.82) is 0 Å². The summed E-state index contributed by atoms with van der Waals surface area (Å²) >= 11 is 13.6. The summed E-state index contributed by atoms with van der Waals surface area (Å²) in [6.45, 7) is 4.23. The zero-order valence-electron chi connectivity index (χ0n) is 19.7. The summed E-state index contributed by atoms with van der Waals surface area (Å²) in [7, 11) is 0. The first kappa shape index (κ1) is 24.8. The van der Waals surface area contributed by atoms with E-state index in [0.29, 0.717) is 29.3 Å². The minimum absolute atomic E-state index is 0.0679. The Balaban J connectivity index is 1.39. The van der Waals surface area contributed by atoms with E-state index < -0.39 is 17.1 Å². The number of carbonyl (C=O) groups excluding carboxylic acids is 2. The summed E-state index contributed by atoms with van der Waals surface area (Å²) in [6.07, 6.45) is 5.91. The topological polar surface area (TPSA) is 74.6 Å². The maximum absolute atomic E-state index is 13.5. The lowest BCUT2D eigenvalue weighted by atomic mass is 9.45. The van der Waals surface area contributed by atoms with Gasteiger partial charge in [-0.25, -0.2) is 0 Å². The Morgan fingerprint density at radius 3 is 2.68 bits per heavy atom. The quantitative estimate of drug-likeness (QED) is 0.482. The minimum Gasteiger partial charge on any atom is -0.393 e. The van der Waals surface area contributed by atoms with E-state index in [1.807, 2.05) is 13.0 Å². The molecule has 184 valence electrons. The van der Waals surface area contributed by atoms with Crippen molar-refractivity contribution >= 4 is 46.5 Å². The van der Waals surface area contributed by atoms with Crippen LogP contribution in [0.3, 0.4) is 0 Å². The number of thioether (sulfide) groups is 1. The van der Waals surface area contributed by atoms with E-state index in [-0.39, 0.29) is 40.5 Å². The van der Waals surface area contributed by atoms with Crippen LogP contribution in [0.5, 0.6) is 0 Å². The third kappa shape index (κ3) is 3.64. The predicted molar refractivity (Wildman–Crippen MR) is 135 cm³/mol. The SMILES string of the molecule is CC12CCC(=O)C=C1CCC1C2[C@@H](O)CC2(C)C1CC[C@]2(O)C(=O)CSc1ccc(Cl)cc1Cl. The van der Waals surface area contributed by atoms with Gasteiger partial charge >= 0.3 is 0 Å². The molecule has 0 bridgehead atoms. The summed E-state index contributed by atoms with van der Waals surface area (Å²) in [6, 6.07) is 5.19. The average Bonchev–Trinajstić information content (AvgIpc) is 3.04. The Bertz CT molecular complexity index is 1070. The maximum atomic E-state index is 13.5. The molecule has 34 heavy (non-hydrogen) atoms. The molecule has 3 fully saturated rings. The van der Waals surface area contributed by atoms with Gasteiger partial charge in [0, 0.05) is 21.8 Å². The normalized spacial score (nSPS) is 41.4. The Morgan fingerprint density at radius 1 is 1.18 bits per heavy atom. The van der Waals surface area contributed by atoms with Gasteiger partial charge in [0.1, 0.15) is 5.60 Å². The number of Topliss-reactive ketones (excluding diaryl/α,β-unsaturated/α-hetero) is 1. The summed E-state index contributed by atoms with van der Waals surface area (Å²) in [5.74, 6) is 0.611. The van der Waals surface area contributed by atoms with Gasteiger partial charge < -0.3 is 10.2 Å². The van der Waals surface area contributed by atoms with Gasteiger partial charge in [-0.1, -0.05) is 42.6 Å². The fourth-order valence-corrected chi connectivity index (χ4v) is 9.46. The van der Waals surface area contributed by atoms with Crippen molar-refractivity contribution in [2.24, 2.45) is 28.6 Å². The minimum atomic E-state index is -1.46. The number of fused-ring (bicyclic) bond motifs is 5. The molecule has 1 aromatic rings. The van der Waals surface area contributed by atoms with Gasteiger partial charge in [0.15, 0.2) is 11.6 Å². The third-order valence-corrected chi connectivity index (χ3v) is 11.5. The smallest absolute Gasteiger partial charge is 0.175 e. The van der Waals surface area contributed by atoms with Gasteiger partial charge in [0.2, 0.25) is 0 Å². The molecule has 2 N–H and O–H groups in total. The first-order chi connectivity index (χ1) is 16.0. The fraction of sp³-hybridized carbons (Fsp3) is 0.630.